The molecule has 0 radical (unpaired) electrons. The van der Waals surface area contributed by atoms with E-state index in [1.54, 1.807) is 0 Å². The lowest BCUT2D eigenvalue weighted by Crippen LogP contribution is -2.22. The minimum absolute atomic E-state index is 0.0880. The highest BCUT2D eigenvalue weighted by Gasteiger charge is 2.15. The number of ether oxygens (including phenoxy) is 2. The molecule has 2 aromatic carbocycles. The molecule has 14 heteroatoms. The number of carbonyl (C=O) groups is 2. The van der Waals surface area contributed by atoms with E-state index in [0.29, 0.717) is 11.1 Å². The van der Waals surface area contributed by atoms with E-state index in [1.807, 2.05) is 0 Å². The molecule has 2 rings (SSSR count). The molecule has 0 aliphatic carbocycles. The summed E-state index contributed by atoms with van der Waals surface area (Å²) in [6, 6.07) is 8.30. The van der Waals surface area contributed by atoms with Crippen LogP contribution in [0.4, 0.5) is 11.4 Å². The molecule has 0 bridgehead atoms. The number of nitro benzene ring substituents is 2. The summed E-state index contributed by atoms with van der Waals surface area (Å²) in [7, 11) is 2.62. The molecule has 2 aromatic rings. The van der Waals surface area contributed by atoms with E-state index in [4.69, 9.17) is 9.47 Å². The molecule has 0 fully saturated rings. The van der Waals surface area contributed by atoms with E-state index in [2.05, 4.69) is 21.1 Å². The van der Waals surface area contributed by atoms with E-state index < -0.39 is 21.7 Å². The third kappa shape index (κ3) is 7.37. The van der Waals surface area contributed by atoms with Gasteiger partial charge in [-0.15, -0.1) is 0 Å². The van der Waals surface area contributed by atoms with Gasteiger partial charge < -0.3 is 9.47 Å². The standard InChI is InChI=1S/C20H20N6O8/c1-33-17-5-3-13(9-15(17)25(29)30)11-21-23-19(27)7-8-20(28)24-22-12-14-4-6-18(34-2)16(10-14)26(31)32/h3-6,9-12H,7-8H2,1-2H3,(H,23,27)(H,24,28). The van der Waals surface area contributed by atoms with Gasteiger partial charge in [0.05, 0.1) is 36.5 Å². The van der Waals surface area contributed by atoms with E-state index in [-0.39, 0.29) is 35.7 Å². The molecule has 2 amide bonds. The first-order valence-electron chi connectivity index (χ1n) is 9.53. The third-order valence-electron chi connectivity index (χ3n) is 4.18. The maximum absolute atomic E-state index is 11.8. The second-order valence-corrected chi connectivity index (χ2v) is 6.46. The molecule has 0 atom stereocenters. The van der Waals surface area contributed by atoms with Crippen molar-refractivity contribution in [2.24, 2.45) is 10.2 Å². The van der Waals surface area contributed by atoms with Crippen molar-refractivity contribution in [1.82, 2.24) is 10.9 Å². The number of rotatable bonds is 11. The monoisotopic (exact) mass is 472 g/mol. The van der Waals surface area contributed by atoms with Crippen LogP contribution in [0.2, 0.25) is 0 Å². The number of nitrogens with zero attached hydrogens (tertiary/aromatic N) is 4. The Balaban J connectivity index is 1.82. The van der Waals surface area contributed by atoms with Gasteiger partial charge in [0.25, 0.3) is 0 Å². The lowest BCUT2D eigenvalue weighted by molar-refractivity contribution is -0.385. The van der Waals surface area contributed by atoms with Gasteiger partial charge in [-0.1, -0.05) is 0 Å². The molecule has 0 heterocycles. The number of carbonyl (C=O) groups excluding carboxylic acids is 2. The Labute approximate surface area is 192 Å². The zero-order valence-electron chi connectivity index (χ0n) is 18.1. The zero-order chi connectivity index (χ0) is 25.1. The molecular formula is C20H20N6O8. The second kappa shape index (κ2) is 12.2. The van der Waals surface area contributed by atoms with Gasteiger partial charge >= 0.3 is 11.4 Å². The highest BCUT2D eigenvalue weighted by Crippen LogP contribution is 2.27. The number of methoxy groups -OCH3 is 2. The van der Waals surface area contributed by atoms with Crippen molar-refractivity contribution in [3.05, 3.63) is 67.8 Å². The van der Waals surface area contributed by atoms with Gasteiger partial charge in [-0.05, 0) is 24.3 Å². The smallest absolute Gasteiger partial charge is 0.311 e. The van der Waals surface area contributed by atoms with E-state index in [0.717, 1.165) is 0 Å². The van der Waals surface area contributed by atoms with Gasteiger partial charge in [-0.25, -0.2) is 10.9 Å². The molecule has 0 aromatic heterocycles. The van der Waals surface area contributed by atoms with Gasteiger partial charge in [-0.3, -0.25) is 29.8 Å². The Hall–Kier alpha value is -4.88. The minimum Gasteiger partial charge on any atom is -0.490 e. The fourth-order valence-corrected chi connectivity index (χ4v) is 2.56. The molecule has 0 saturated carbocycles. The van der Waals surface area contributed by atoms with Crippen LogP contribution < -0.4 is 20.3 Å². The van der Waals surface area contributed by atoms with Gasteiger partial charge in [0.15, 0.2) is 11.5 Å². The molecule has 14 nitrogen and oxygen atoms in total. The Kier molecular flexibility index (Phi) is 9.13. The maximum atomic E-state index is 11.8. The van der Waals surface area contributed by atoms with Crippen molar-refractivity contribution in [1.29, 1.82) is 0 Å². The van der Waals surface area contributed by atoms with Crippen LogP contribution >= 0.6 is 0 Å². The summed E-state index contributed by atoms with van der Waals surface area (Å²) in [4.78, 5) is 44.5. The van der Waals surface area contributed by atoms with Crippen LogP contribution in [-0.2, 0) is 9.59 Å². The van der Waals surface area contributed by atoms with Gasteiger partial charge in [-0.2, -0.15) is 10.2 Å². The molecule has 0 unspecified atom stereocenters. The summed E-state index contributed by atoms with van der Waals surface area (Å²) in [5.41, 5.74) is 4.64. The maximum Gasteiger partial charge on any atom is 0.311 e. The van der Waals surface area contributed by atoms with Crippen LogP contribution in [0, 0.1) is 20.2 Å². The van der Waals surface area contributed by atoms with Crippen LogP contribution in [0.5, 0.6) is 11.5 Å². The molecule has 34 heavy (non-hydrogen) atoms. The van der Waals surface area contributed by atoms with Gasteiger partial charge in [0.1, 0.15) is 0 Å². The van der Waals surface area contributed by atoms with Crippen molar-refractivity contribution in [2.45, 2.75) is 12.8 Å². The number of benzene rings is 2. The van der Waals surface area contributed by atoms with Crippen molar-refractivity contribution < 1.29 is 28.9 Å². The molecule has 178 valence electrons. The number of nitrogens with one attached hydrogen (secondary N) is 2. The summed E-state index contributed by atoms with van der Waals surface area (Å²) < 4.78 is 9.80. The van der Waals surface area contributed by atoms with Gasteiger partial charge in [0.2, 0.25) is 11.8 Å². The highest BCUT2D eigenvalue weighted by molar-refractivity contribution is 5.87. The molecule has 0 aliphatic heterocycles. The Bertz CT molecular complexity index is 1060. The van der Waals surface area contributed by atoms with Gasteiger partial charge in [0, 0.05) is 36.1 Å². The van der Waals surface area contributed by atoms with Crippen molar-refractivity contribution in [3.63, 3.8) is 0 Å². The zero-order valence-corrected chi connectivity index (χ0v) is 18.1. The topological polar surface area (TPSA) is 188 Å². The molecular weight excluding hydrogens is 452 g/mol. The highest BCUT2D eigenvalue weighted by atomic mass is 16.6. The average Bonchev–Trinajstić information content (AvgIpc) is 2.82. The molecule has 0 saturated heterocycles. The minimum atomic E-state index is -0.605. The van der Waals surface area contributed by atoms with Crippen LogP contribution in [0.1, 0.15) is 24.0 Å². The average molecular weight is 472 g/mol. The number of hydrazone groups is 2. The van der Waals surface area contributed by atoms with E-state index in [1.165, 1.54) is 63.0 Å². The fraction of sp³-hybridized carbons (Fsp3) is 0.200. The lowest BCUT2D eigenvalue weighted by Gasteiger charge is -2.03. The van der Waals surface area contributed by atoms with Crippen molar-refractivity contribution >= 4 is 35.6 Å². The summed E-state index contributed by atoms with van der Waals surface area (Å²) >= 11 is 0. The fourth-order valence-electron chi connectivity index (χ4n) is 2.56. The van der Waals surface area contributed by atoms with Crippen molar-refractivity contribution in [2.75, 3.05) is 14.2 Å². The normalized spacial score (nSPS) is 10.8. The number of nitro groups is 2. The van der Waals surface area contributed by atoms with Crippen LogP contribution in [0.15, 0.2) is 46.6 Å². The predicted octanol–water partition coefficient (Wildman–Crippen LogP) is 1.90. The summed E-state index contributed by atoms with van der Waals surface area (Å²) in [6.07, 6.45) is 2.02. The second-order valence-electron chi connectivity index (χ2n) is 6.46. The summed E-state index contributed by atoms with van der Waals surface area (Å²) in [6.45, 7) is 0. The molecule has 0 aliphatic rings. The lowest BCUT2D eigenvalue weighted by atomic mass is 10.2. The number of hydrogen-bond donors (Lipinski definition) is 2. The Morgan fingerprint density at radius 1 is 0.824 bits per heavy atom. The third-order valence-corrected chi connectivity index (χ3v) is 4.18. The summed E-state index contributed by atoms with van der Waals surface area (Å²) in [5.74, 6) is -0.955. The predicted molar refractivity (Wildman–Crippen MR) is 120 cm³/mol. The largest absolute Gasteiger partial charge is 0.490 e. The van der Waals surface area contributed by atoms with Crippen LogP contribution in [-0.4, -0.2) is 48.3 Å². The Morgan fingerprint density at radius 3 is 1.53 bits per heavy atom. The summed E-state index contributed by atoms with van der Waals surface area (Å²) in [5, 5.41) is 29.4. The molecule has 0 spiro atoms. The van der Waals surface area contributed by atoms with E-state index in [9.17, 15) is 29.8 Å². The first kappa shape index (κ1) is 25.4. The molecule has 2 N–H and O–H groups in total. The number of amides is 2. The van der Waals surface area contributed by atoms with Crippen LogP contribution in [0.3, 0.4) is 0 Å². The Morgan fingerprint density at radius 2 is 1.21 bits per heavy atom. The van der Waals surface area contributed by atoms with E-state index >= 15 is 0 Å². The van der Waals surface area contributed by atoms with Crippen molar-refractivity contribution in [3.8, 4) is 11.5 Å². The first-order chi connectivity index (χ1) is 16.2. The SMILES string of the molecule is COc1ccc(C=NNC(=O)CCC(=O)NN=Cc2ccc(OC)c([N+](=O)[O-])c2)cc1[N+](=O)[O-]. The number of hydrogen-bond acceptors (Lipinski definition) is 10. The quantitative estimate of drug-likeness (QED) is 0.282. The first-order valence-corrected chi connectivity index (χ1v) is 9.53. The van der Waals surface area contributed by atoms with Crippen LogP contribution in [0.25, 0.3) is 0 Å².